The highest BCUT2D eigenvalue weighted by molar-refractivity contribution is 6.32. The van der Waals surface area contributed by atoms with Crippen LogP contribution in [0.5, 0.6) is 5.75 Å². The number of carbonyl (C=O) groups excluding carboxylic acids is 2. The van der Waals surface area contributed by atoms with E-state index in [-0.39, 0.29) is 29.5 Å². The minimum Gasteiger partial charge on any atom is -0.492 e. The molecule has 1 atom stereocenters. The van der Waals surface area contributed by atoms with Gasteiger partial charge in [-0.3, -0.25) is 9.59 Å². The summed E-state index contributed by atoms with van der Waals surface area (Å²) in [5.74, 6) is 0.407. The summed E-state index contributed by atoms with van der Waals surface area (Å²) in [5.41, 5.74) is 0. The molecule has 2 heterocycles. The molecule has 2 aliphatic heterocycles. The Kier molecular flexibility index (Phi) is 6.90. The van der Waals surface area contributed by atoms with Crippen molar-refractivity contribution in [2.24, 2.45) is 5.92 Å². The third kappa shape index (κ3) is 5.81. The molecule has 0 aliphatic carbocycles. The van der Waals surface area contributed by atoms with Crippen molar-refractivity contribution in [2.45, 2.75) is 31.7 Å². The summed E-state index contributed by atoms with van der Waals surface area (Å²) >= 11 is 5.97. The normalized spacial score (nSPS) is 21.0. The molecule has 1 aromatic carbocycles. The minimum atomic E-state index is -0.390. The maximum Gasteiger partial charge on any atom is 0.246 e. The number of carbonyl (C=O) groups is 2. The van der Waals surface area contributed by atoms with Gasteiger partial charge in [0.2, 0.25) is 11.8 Å². The molecule has 0 spiro atoms. The molecule has 0 aromatic heterocycles. The number of halogens is 2. The molecule has 8 heteroatoms. The Morgan fingerprint density at radius 3 is 2.85 bits per heavy atom. The number of likely N-dealkylation sites (tertiary alicyclic amines) is 1. The first-order chi connectivity index (χ1) is 13.0. The molecule has 0 bridgehead atoms. The molecule has 2 saturated heterocycles. The first kappa shape index (κ1) is 19.9. The van der Waals surface area contributed by atoms with Gasteiger partial charge in [-0.05, 0) is 43.4 Å². The summed E-state index contributed by atoms with van der Waals surface area (Å²) in [5, 5.41) is 3.10. The van der Waals surface area contributed by atoms with Crippen molar-refractivity contribution in [3.05, 3.63) is 29.0 Å². The maximum absolute atomic E-state index is 13.1. The van der Waals surface area contributed by atoms with E-state index in [1.165, 1.54) is 18.2 Å². The lowest BCUT2D eigenvalue weighted by molar-refractivity contribution is -0.135. The molecule has 2 aliphatic rings. The number of hydrogen-bond donors (Lipinski definition) is 1. The van der Waals surface area contributed by atoms with Crippen molar-refractivity contribution >= 4 is 23.4 Å². The van der Waals surface area contributed by atoms with E-state index in [1.807, 2.05) is 4.90 Å². The molecule has 1 N–H and O–H groups in total. The van der Waals surface area contributed by atoms with E-state index >= 15 is 0 Å². The van der Waals surface area contributed by atoms with E-state index in [0.29, 0.717) is 50.8 Å². The van der Waals surface area contributed by atoms with Gasteiger partial charge in [0.25, 0.3) is 0 Å². The third-order valence-electron chi connectivity index (χ3n) is 4.96. The summed E-state index contributed by atoms with van der Waals surface area (Å²) in [6.07, 6.45) is 2.71. The Morgan fingerprint density at radius 1 is 1.37 bits per heavy atom. The largest absolute Gasteiger partial charge is 0.492 e. The molecule has 2 amide bonds. The molecule has 0 radical (unpaired) electrons. The molecule has 27 heavy (non-hydrogen) atoms. The van der Waals surface area contributed by atoms with Crippen LogP contribution in [-0.4, -0.2) is 55.7 Å². The van der Waals surface area contributed by atoms with Gasteiger partial charge < -0.3 is 19.7 Å². The van der Waals surface area contributed by atoms with Crippen LogP contribution in [0.4, 0.5) is 4.39 Å². The Balaban J connectivity index is 1.36. The highest BCUT2D eigenvalue weighted by Gasteiger charge is 2.25. The van der Waals surface area contributed by atoms with Crippen LogP contribution in [0.3, 0.4) is 0 Å². The zero-order valence-electron chi connectivity index (χ0n) is 15.1. The first-order valence-electron chi connectivity index (χ1n) is 9.24. The second kappa shape index (κ2) is 9.37. The lowest BCUT2D eigenvalue weighted by Crippen LogP contribution is -2.46. The molecule has 1 unspecified atom stereocenters. The van der Waals surface area contributed by atoms with Crippen molar-refractivity contribution in [1.82, 2.24) is 10.2 Å². The molecule has 1 aromatic rings. The Morgan fingerprint density at radius 2 is 2.15 bits per heavy atom. The van der Waals surface area contributed by atoms with E-state index < -0.39 is 5.82 Å². The number of amides is 2. The summed E-state index contributed by atoms with van der Waals surface area (Å²) in [6.45, 7) is 2.45. The number of morpholine rings is 1. The fourth-order valence-electron chi connectivity index (χ4n) is 3.37. The fourth-order valence-corrected chi connectivity index (χ4v) is 3.59. The van der Waals surface area contributed by atoms with Crippen LogP contribution < -0.4 is 10.1 Å². The van der Waals surface area contributed by atoms with Crippen LogP contribution in [0, 0.1) is 11.7 Å². The SMILES string of the molecule is O=C1COCC(CCC(=O)N2CCC(COc3ccc(F)cc3Cl)CC2)N1. The molecular weight excluding hydrogens is 375 g/mol. The predicted molar refractivity (Wildman–Crippen MR) is 98.2 cm³/mol. The van der Waals surface area contributed by atoms with Gasteiger partial charge in [0.1, 0.15) is 18.2 Å². The van der Waals surface area contributed by atoms with Crippen LogP contribution in [0.15, 0.2) is 18.2 Å². The Hall–Kier alpha value is -1.86. The van der Waals surface area contributed by atoms with Crippen molar-refractivity contribution in [3.8, 4) is 5.75 Å². The zero-order valence-corrected chi connectivity index (χ0v) is 15.8. The molecule has 0 saturated carbocycles. The maximum atomic E-state index is 13.1. The minimum absolute atomic E-state index is 0.0819. The number of benzene rings is 1. The number of rotatable bonds is 6. The van der Waals surface area contributed by atoms with Crippen LogP contribution in [0.25, 0.3) is 0 Å². The van der Waals surface area contributed by atoms with E-state index in [2.05, 4.69) is 5.32 Å². The monoisotopic (exact) mass is 398 g/mol. The van der Waals surface area contributed by atoms with E-state index in [0.717, 1.165) is 12.8 Å². The third-order valence-corrected chi connectivity index (χ3v) is 5.26. The average Bonchev–Trinajstić information content (AvgIpc) is 2.66. The Bertz CT molecular complexity index is 680. The zero-order chi connectivity index (χ0) is 19.2. The van der Waals surface area contributed by atoms with Gasteiger partial charge in [0.05, 0.1) is 24.3 Å². The summed E-state index contributed by atoms with van der Waals surface area (Å²) in [7, 11) is 0. The van der Waals surface area contributed by atoms with E-state index in [1.54, 1.807) is 0 Å². The van der Waals surface area contributed by atoms with Crippen molar-refractivity contribution in [2.75, 3.05) is 32.9 Å². The van der Waals surface area contributed by atoms with E-state index in [9.17, 15) is 14.0 Å². The highest BCUT2D eigenvalue weighted by atomic mass is 35.5. The van der Waals surface area contributed by atoms with Gasteiger partial charge in [0.15, 0.2) is 0 Å². The number of ether oxygens (including phenoxy) is 2. The number of nitrogens with one attached hydrogen (secondary N) is 1. The quantitative estimate of drug-likeness (QED) is 0.799. The summed E-state index contributed by atoms with van der Waals surface area (Å²) < 4.78 is 23.9. The summed E-state index contributed by atoms with van der Waals surface area (Å²) in [6, 6.07) is 4.01. The topological polar surface area (TPSA) is 67.9 Å². The van der Waals surface area contributed by atoms with Crippen molar-refractivity contribution in [3.63, 3.8) is 0 Å². The smallest absolute Gasteiger partial charge is 0.246 e. The van der Waals surface area contributed by atoms with Crippen molar-refractivity contribution in [1.29, 1.82) is 0 Å². The van der Waals surface area contributed by atoms with E-state index in [4.69, 9.17) is 21.1 Å². The summed E-state index contributed by atoms with van der Waals surface area (Å²) in [4.78, 5) is 25.5. The first-order valence-corrected chi connectivity index (χ1v) is 9.62. The number of nitrogens with zero attached hydrogens (tertiary/aromatic N) is 1. The van der Waals surface area contributed by atoms with Gasteiger partial charge >= 0.3 is 0 Å². The molecule has 6 nitrogen and oxygen atoms in total. The standard InChI is InChI=1S/C19H24ClFN2O4/c20-16-9-14(21)1-3-17(16)27-10-13-5-7-23(8-6-13)19(25)4-2-15-11-26-12-18(24)22-15/h1,3,9,13,15H,2,4-8,10-12H2,(H,22,24). The number of hydrogen-bond acceptors (Lipinski definition) is 4. The fraction of sp³-hybridized carbons (Fsp3) is 0.579. The van der Waals surface area contributed by atoms with Crippen LogP contribution in [-0.2, 0) is 14.3 Å². The lowest BCUT2D eigenvalue weighted by atomic mass is 9.97. The average molecular weight is 399 g/mol. The van der Waals surface area contributed by atoms with Crippen LogP contribution in [0.2, 0.25) is 5.02 Å². The Labute approximate surface area is 162 Å². The molecule has 2 fully saturated rings. The van der Waals surface area contributed by atoms with Gasteiger partial charge in [-0.15, -0.1) is 0 Å². The van der Waals surface area contributed by atoms with Crippen LogP contribution >= 0.6 is 11.6 Å². The molecular formula is C19H24ClFN2O4. The predicted octanol–water partition coefficient (Wildman–Crippen LogP) is 2.39. The van der Waals surface area contributed by atoms with Gasteiger partial charge in [-0.2, -0.15) is 0 Å². The lowest BCUT2D eigenvalue weighted by Gasteiger charge is -2.32. The van der Waals surface area contributed by atoms with Crippen LogP contribution in [0.1, 0.15) is 25.7 Å². The highest BCUT2D eigenvalue weighted by Crippen LogP contribution is 2.27. The second-order valence-corrected chi connectivity index (χ2v) is 7.44. The molecule has 148 valence electrons. The van der Waals surface area contributed by atoms with Gasteiger partial charge in [-0.25, -0.2) is 4.39 Å². The van der Waals surface area contributed by atoms with Gasteiger partial charge in [0, 0.05) is 19.5 Å². The van der Waals surface area contributed by atoms with Gasteiger partial charge in [-0.1, -0.05) is 11.6 Å². The number of piperidine rings is 1. The van der Waals surface area contributed by atoms with Crippen molar-refractivity contribution < 1.29 is 23.5 Å². The molecule has 3 rings (SSSR count). The second-order valence-electron chi connectivity index (χ2n) is 7.03.